The maximum Gasteiger partial charge on any atom is 0.311 e. The molecule has 1 fully saturated rings. The van der Waals surface area contributed by atoms with Crippen LogP contribution < -0.4 is 5.32 Å². The van der Waals surface area contributed by atoms with E-state index >= 15 is 0 Å². The third-order valence-corrected chi connectivity index (χ3v) is 4.71. The molecule has 6 heteroatoms. The molecule has 0 radical (unpaired) electrons. The summed E-state index contributed by atoms with van der Waals surface area (Å²) in [5.41, 5.74) is 0.0633. The van der Waals surface area contributed by atoms with E-state index in [1.165, 1.54) is 25.3 Å². The van der Waals surface area contributed by atoms with Gasteiger partial charge in [0, 0.05) is 23.6 Å². The Bertz CT molecular complexity index is 440. The van der Waals surface area contributed by atoms with Crippen LogP contribution in [0.15, 0.2) is 18.3 Å². The second-order valence-corrected chi connectivity index (χ2v) is 6.17. The van der Waals surface area contributed by atoms with Gasteiger partial charge in [0.25, 0.3) is 0 Å². The molecule has 0 amide bonds. The fourth-order valence-electron chi connectivity index (χ4n) is 2.51. The Hall–Kier alpha value is -1.30. The molecule has 1 aromatic rings. The van der Waals surface area contributed by atoms with Gasteiger partial charge in [0.05, 0.1) is 4.92 Å². The zero-order chi connectivity index (χ0) is 13.7. The maximum absolute atomic E-state index is 11.0. The van der Waals surface area contributed by atoms with Crippen LogP contribution in [0.3, 0.4) is 0 Å². The van der Waals surface area contributed by atoms with Crippen LogP contribution in [-0.4, -0.2) is 27.0 Å². The van der Waals surface area contributed by atoms with Gasteiger partial charge in [0.1, 0.15) is 0 Å². The standard InChI is InChI=1S/C13H19N3O2S/c1-2-19-12-8-4-3-6-10(12)15-13-11(16(17)18)7-5-9-14-13/h5,7,9-10,12H,2-4,6,8H2,1H3,(H,14,15). The Balaban J connectivity index is 2.12. The number of anilines is 1. The van der Waals surface area contributed by atoms with E-state index in [4.69, 9.17) is 0 Å². The molecule has 0 aliphatic heterocycles. The van der Waals surface area contributed by atoms with Crippen molar-refractivity contribution in [3.05, 3.63) is 28.4 Å². The zero-order valence-electron chi connectivity index (χ0n) is 11.0. The summed E-state index contributed by atoms with van der Waals surface area (Å²) < 4.78 is 0. The lowest BCUT2D eigenvalue weighted by molar-refractivity contribution is -0.384. The van der Waals surface area contributed by atoms with Gasteiger partial charge >= 0.3 is 5.69 Å². The lowest BCUT2D eigenvalue weighted by atomic mass is 9.95. The number of pyridine rings is 1. The van der Waals surface area contributed by atoms with Crippen molar-refractivity contribution in [2.75, 3.05) is 11.1 Å². The summed E-state index contributed by atoms with van der Waals surface area (Å²) in [6.07, 6.45) is 6.27. The summed E-state index contributed by atoms with van der Waals surface area (Å²) in [7, 11) is 0. The minimum atomic E-state index is -0.375. The highest BCUT2D eigenvalue weighted by molar-refractivity contribution is 7.99. The first-order valence-electron chi connectivity index (χ1n) is 6.70. The highest BCUT2D eigenvalue weighted by Crippen LogP contribution is 2.32. The lowest BCUT2D eigenvalue weighted by Crippen LogP contribution is -2.35. The van der Waals surface area contributed by atoms with E-state index in [0.717, 1.165) is 12.2 Å². The number of rotatable bonds is 5. The first kappa shape index (κ1) is 14.1. The smallest absolute Gasteiger partial charge is 0.311 e. The SMILES string of the molecule is CCSC1CCCCC1Nc1ncccc1[N+](=O)[O-]. The van der Waals surface area contributed by atoms with Gasteiger partial charge in [0.15, 0.2) is 0 Å². The van der Waals surface area contributed by atoms with Crippen molar-refractivity contribution in [2.24, 2.45) is 0 Å². The molecule has 5 nitrogen and oxygen atoms in total. The number of nitro groups is 1. The van der Waals surface area contributed by atoms with Crippen LogP contribution in [0.2, 0.25) is 0 Å². The second kappa shape index (κ2) is 6.75. The Morgan fingerprint density at radius 1 is 1.53 bits per heavy atom. The summed E-state index contributed by atoms with van der Waals surface area (Å²) in [4.78, 5) is 14.7. The number of aromatic nitrogens is 1. The summed E-state index contributed by atoms with van der Waals surface area (Å²) in [6, 6.07) is 3.38. The lowest BCUT2D eigenvalue weighted by Gasteiger charge is -2.31. The van der Waals surface area contributed by atoms with Crippen molar-refractivity contribution in [2.45, 2.75) is 43.9 Å². The summed E-state index contributed by atoms with van der Waals surface area (Å²) >= 11 is 1.93. The summed E-state index contributed by atoms with van der Waals surface area (Å²) in [5.74, 6) is 1.48. The quantitative estimate of drug-likeness (QED) is 0.661. The van der Waals surface area contributed by atoms with E-state index in [2.05, 4.69) is 17.2 Å². The highest BCUT2D eigenvalue weighted by Gasteiger charge is 2.27. The van der Waals surface area contributed by atoms with Gasteiger partial charge in [-0.1, -0.05) is 19.8 Å². The highest BCUT2D eigenvalue weighted by atomic mass is 32.2. The van der Waals surface area contributed by atoms with Crippen LogP contribution in [0, 0.1) is 10.1 Å². The van der Waals surface area contributed by atoms with E-state index in [-0.39, 0.29) is 16.7 Å². The third kappa shape index (κ3) is 3.59. The van der Waals surface area contributed by atoms with Gasteiger partial charge in [-0.05, 0) is 24.7 Å². The first-order valence-corrected chi connectivity index (χ1v) is 7.74. The molecule has 2 atom stereocenters. The molecule has 1 saturated carbocycles. The van der Waals surface area contributed by atoms with Gasteiger partial charge in [-0.2, -0.15) is 11.8 Å². The molecule has 2 unspecified atom stereocenters. The number of nitrogens with zero attached hydrogens (tertiary/aromatic N) is 2. The van der Waals surface area contributed by atoms with Crippen LogP contribution >= 0.6 is 11.8 Å². The van der Waals surface area contributed by atoms with Crippen molar-refractivity contribution in [1.82, 2.24) is 4.98 Å². The number of nitrogens with one attached hydrogen (secondary N) is 1. The molecule has 1 N–H and O–H groups in total. The van der Waals surface area contributed by atoms with Gasteiger partial charge in [0.2, 0.25) is 5.82 Å². The molecule has 0 aromatic carbocycles. The molecule has 19 heavy (non-hydrogen) atoms. The first-order chi connectivity index (χ1) is 9.22. The molecule has 0 saturated heterocycles. The molecular formula is C13H19N3O2S. The molecule has 1 heterocycles. The normalized spacial score (nSPS) is 23.0. The molecule has 2 rings (SSSR count). The predicted molar refractivity (Wildman–Crippen MR) is 78.7 cm³/mol. The van der Waals surface area contributed by atoms with Gasteiger partial charge in [-0.3, -0.25) is 10.1 Å². The number of hydrogen-bond donors (Lipinski definition) is 1. The average Bonchev–Trinajstić information content (AvgIpc) is 2.42. The fraction of sp³-hybridized carbons (Fsp3) is 0.615. The number of hydrogen-bond acceptors (Lipinski definition) is 5. The van der Waals surface area contributed by atoms with E-state index in [0.29, 0.717) is 11.1 Å². The predicted octanol–water partition coefficient (Wildman–Crippen LogP) is 3.47. The van der Waals surface area contributed by atoms with E-state index in [9.17, 15) is 10.1 Å². The zero-order valence-corrected chi connectivity index (χ0v) is 11.9. The summed E-state index contributed by atoms with van der Waals surface area (Å²) in [6.45, 7) is 2.15. The Morgan fingerprint density at radius 2 is 2.32 bits per heavy atom. The van der Waals surface area contributed by atoms with E-state index in [1.807, 2.05) is 11.8 Å². The topological polar surface area (TPSA) is 68.1 Å². The van der Waals surface area contributed by atoms with Crippen molar-refractivity contribution >= 4 is 23.3 Å². The minimum absolute atomic E-state index is 0.0633. The van der Waals surface area contributed by atoms with E-state index < -0.39 is 0 Å². The average molecular weight is 281 g/mol. The molecule has 1 aliphatic rings. The van der Waals surface area contributed by atoms with Gasteiger partial charge in [-0.15, -0.1) is 0 Å². The Kier molecular flexibility index (Phi) is 5.01. The Labute approximate surface area is 117 Å². The third-order valence-electron chi connectivity index (χ3n) is 3.39. The summed E-state index contributed by atoms with van der Waals surface area (Å²) in [5, 5.41) is 14.8. The maximum atomic E-state index is 11.0. The van der Waals surface area contributed by atoms with E-state index in [1.54, 1.807) is 12.3 Å². The Morgan fingerprint density at radius 3 is 3.05 bits per heavy atom. The van der Waals surface area contributed by atoms with Gasteiger partial charge < -0.3 is 5.32 Å². The van der Waals surface area contributed by atoms with Crippen LogP contribution in [0.1, 0.15) is 32.6 Å². The number of thioether (sulfide) groups is 1. The molecule has 1 aliphatic carbocycles. The monoisotopic (exact) mass is 281 g/mol. The molecule has 104 valence electrons. The fourth-order valence-corrected chi connectivity index (χ4v) is 3.70. The molecular weight excluding hydrogens is 262 g/mol. The van der Waals surface area contributed by atoms with Crippen LogP contribution in [-0.2, 0) is 0 Å². The van der Waals surface area contributed by atoms with Crippen molar-refractivity contribution in [1.29, 1.82) is 0 Å². The van der Waals surface area contributed by atoms with Crippen LogP contribution in [0.5, 0.6) is 0 Å². The largest absolute Gasteiger partial charge is 0.360 e. The van der Waals surface area contributed by atoms with Crippen LogP contribution in [0.25, 0.3) is 0 Å². The van der Waals surface area contributed by atoms with Crippen molar-refractivity contribution in [3.63, 3.8) is 0 Å². The second-order valence-electron chi connectivity index (χ2n) is 4.66. The molecule has 1 aromatic heterocycles. The molecule has 0 spiro atoms. The molecule has 0 bridgehead atoms. The minimum Gasteiger partial charge on any atom is -0.360 e. The van der Waals surface area contributed by atoms with Crippen molar-refractivity contribution < 1.29 is 4.92 Å². The van der Waals surface area contributed by atoms with Crippen LogP contribution in [0.4, 0.5) is 11.5 Å². The van der Waals surface area contributed by atoms with Gasteiger partial charge in [-0.25, -0.2) is 4.98 Å². The van der Waals surface area contributed by atoms with Crippen molar-refractivity contribution in [3.8, 4) is 0 Å².